The Balaban J connectivity index is 1.53. The Morgan fingerprint density at radius 3 is 2.41 bits per heavy atom. The van der Waals surface area contributed by atoms with E-state index in [2.05, 4.69) is 60.6 Å². The van der Waals surface area contributed by atoms with E-state index in [1.807, 2.05) is 37.3 Å². The van der Waals surface area contributed by atoms with Crippen LogP contribution in [0.5, 0.6) is 0 Å². The van der Waals surface area contributed by atoms with E-state index in [4.69, 9.17) is 4.42 Å². The molecule has 0 bridgehead atoms. The predicted molar refractivity (Wildman–Crippen MR) is 117 cm³/mol. The van der Waals surface area contributed by atoms with Crippen molar-refractivity contribution in [2.24, 2.45) is 0 Å². The average molecular weight is 410 g/mol. The summed E-state index contributed by atoms with van der Waals surface area (Å²) in [6, 6.07) is 18.2. The van der Waals surface area contributed by atoms with Crippen molar-refractivity contribution in [3.63, 3.8) is 0 Å². The number of hydrogen-bond acceptors (Lipinski definition) is 5. The zero-order valence-electron chi connectivity index (χ0n) is 17.3. The molecule has 1 heterocycles. The van der Waals surface area contributed by atoms with Gasteiger partial charge in [-0.1, -0.05) is 75.0 Å². The molecule has 1 N–H and O–H groups in total. The minimum atomic E-state index is -0.317. The van der Waals surface area contributed by atoms with Crippen molar-refractivity contribution in [1.29, 1.82) is 0 Å². The fourth-order valence-electron chi connectivity index (χ4n) is 2.81. The summed E-state index contributed by atoms with van der Waals surface area (Å²) >= 11 is 1.27. The largest absolute Gasteiger partial charge is 0.411 e. The molecule has 0 unspecified atom stereocenters. The first-order chi connectivity index (χ1) is 13.8. The molecule has 0 saturated carbocycles. The lowest BCUT2D eigenvalue weighted by Crippen LogP contribution is -2.32. The van der Waals surface area contributed by atoms with Gasteiger partial charge in [-0.2, -0.15) is 0 Å². The normalized spacial score (nSPS) is 12.6. The Labute approximate surface area is 176 Å². The van der Waals surface area contributed by atoms with Gasteiger partial charge in [-0.05, 0) is 42.0 Å². The summed E-state index contributed by atoms with van der Waals surface area (Å²) in [7, 11) is 0. The molecular formula is C23H27N3O2S. The van der Waals surface area contributed by atoms with Gasteiger partial charge in [0, 0.05) is 12.1 Å². The van der Waals surface area contributed by atoms with Crippen LogP contribution in [-0.4, -0.2) is 27.9 Å². The number of benzene rings is 2. The molecule has 6 heteroatoms. The highest BCUT2D eigenvalue weighted by molar-refractivity contribution is 8.00. The lowest BCUT2D eigenvalue weighted by molar-refractivity contribution is -0.120. The maximum atomic E-state index is 12.3. The maximum absolute atomic E-state index is 12.3. The molecule has 1 atom stereocenters. The van der Waals surface area contributed by atoms with Crippen molar-refractivity contribution in [1.82, 2.24) is 15.5 Å². The van der Waals surface area contributed by atoms with E-state index in [0.29, 0.717) is 17.7 Å². The van der Waals surface area contributed by atoms with Crippen molar-refractivity contribution >= 4 is 17.7 Å². The number of carbonyl (C=O) groups excluding carboxylic acids is 1. The zero-order chi connectivity index (χ0) is 20.9. The number of hydrogen-bond donors (Lipinski definition) is 1. The van der Waals surface area contributed by atoms with Gasteiger partial charge in [0.25, 0.3) is 5.22 Å². The Morgan fingerprint density at radius 2 is 1.76 bits per heavy atom. The van der Waals surface area contributed by atoms with Crippen LogP contribution in [0.1, 0.15) is 38.8 Å². The highest BCUT2D eigenvalue weighted by atomic mass is 32.2. The molecule has 2 aromatic carbocycles. The first kappa shape index (κ1) is 21.1. The van der Waals surface area contributed by atoms with E-state index in [-0.39, 0.29) is 16.6 Å². The second kappa shape index (κ2) is 9.27. The Morgan fingerprint density at radius 1 is 1.07 bits per heavy atom. The van der Waals surface area contributed by atoms with Crippen molar-refractivity contribution in [3.05, 3.63) is 65.7 Å². The molecule has 0 aliphatic heterocycles. The van der Waals surface area contributed by atoms with Crippen molar-refractivity contribution in [2.75, 3.05) is 6.54 Å². The lowest BCUT2D eigenvalue weighted by Gasteiger charge is -2.18. The van der Waals surface area contributed by atoms with Crippen LogP contribution >= 0.6 is 11.8 Å². The molecule has 3 aromatic rings. The quantitative estimate of drug-likeness (QED) is 0.564. The first-order valence-corrected chi connectivity index (χ1v) is 10.6. The van der Waals surface area contributed by atoms with Gasteiger partial charge < -0.3 is 9.73 Å². The maximum Gasteiger partial charge on any atom is 0.277 e. The van der Waals surface area contributed by atoms with Crippen molar-refractivity contribution in [3.8, 4) is 11.5 Å². The molecular weight excluding hydrogens is 382 g/mol. The summed E-state index contributed by atoms with van der Waals surface area (Å²) in [6.07, 6.45) is 0.805. The van der Waals surface area contributed by atoms with Gasteiger partial charge in [0.05, 0.1) is 5.25 Å². The van der Waals surface area contributed by atoms with Crippen LogP contribution in [0.2, 0.25) is 0 Å². The molecule has 0 aliphatic carbocycles. The monoisotopic (exact) mass is 409 g/mol. The molecule has 29 heavy (non-hydrogen) atoms. The molecule has 0 radical (unpaired) electrons. The number of nitrogens with zero attached hydrogens (tertiary/aromatic N) is 2. The summed E-state index contributed by atoms with van der Waals surface area (Å²) < 4.78 is 5.75. The third-order valence-electron chi connectivity index (χ3n) is 4.61. The van der Waals surface area contributed by atoms with Crippen LogP contribution < -0.4 is 5.32 Å². The van der Waals surface area contributed by atoms with E-state index < -0.39 is 0 Å². The SMILES string of the molecule is C[C@@H](Sc1nnc(-c2ccc(C(C)(C)C)cc2)o1)C(=O)NCCc1ccccc1. The van der Waals surface area contributed by atoms with Gasteiger partial charge in [-0.15, -0.1) is 10.2 Å². The fraction of sp³-hybridized carbons (Fsp3) is 0.348. The van der Waals surface area contributed by atoms with Gasteiger partial charge in [0.1, 0.15) is 0 Å². The van der Waals surface area contributed by atoms with Crippen LogP contribution in [0, 0.1) is 0 Å². The summed E-state index contributed by atoms with van der Waals surface area (Å²) in [5.41, 5.74) is 3.41. The number of carbonyl (C=O) groups is 1. The number of aromatic nitrogens is 2. The average Bonchev–Trinajstić information content (AvgIpc) is 3.16. The third kappa shape index (κ3) is 5.94. The zero-order valence-corrected chi connectivity index (χ0v) is 18.1. The van der Waals surface area contributed by atoms with Gasteiger partial charge in [-0.25, -0.2) is 0 Å². The second-order valence-electron chi connectivity index (χ2n) is 7.99. The molecule has 0 saturated heterocycles. The summed E-state index contributed by atoms with van der Waals surface area (Å²) in [6.45, 7) is 8.97. The highest BCUT2D eigenvalue weighted by Gasteiger charge is 2.19. The topological polar surface area (TPSA) is 68.0 Å². The molecule has 3 rings (SSSR count). The summed E-state index contributed by atoms with van der Waals surface area (Å²) in [5.74, 6) is 0.421. The van der Waals surface area contributed by atoms with Gasteiger partial charge in [0.2, 0.25) is 11.8 Å². The van der Waals surface area contributed by atoms with Crippen LogP contribution in [0.3, 0.4) is 0 Å². The molecule has 0 aliphatic rings. The third-order valence-corrected chi connectivity index (χ3v) is 5.54. The van der Waals surface area contributed by atoms with Gasteiger partial charge in [0.15, 0.2) is 0 Å². The first-order valence-electron chi connectivity index (χ1n) is 9.75. The van der Waals surface area contributed by atoms with E-state index in [9.17, 15) is 4.79 Å². The van der Waals surface area contributed by atoms with Gasteiger partial charge >= 0.3 is 0 Å². The molecule has 0 spiro atoms. The van der Waals surface area contributed by atoms with Crippen LogP contribution in [0.4, 0.5) is 0 Å². The standard InChI is InChI=1S/C23H27N3O2S/c1-16(20(27)24-15-14-17-8-6-5-7-9-17)29-22-26-25-21(28-22)18-10-12-19(13-11-18)23(2,3)4/h5-13,16H,14-15H2,1-4H3,(H,24,27)/t16-/m1/s1. The minimum Gasteiger partial charge on any atom is -0.411 e. The second-order valence-corrected chi connectivity index (χ2v) is 9.28. The van der Waals surface area contributed by atoms with Crippen LogP contribution in [0.15, 0.2) is 64.2 Å². The number of thioether (sulfide) groups is 1. The lowest BCUT2D eigenvalue weighted by atomic mass is 9.87. The smallest absolute Gasteiger partial charge is 0.277 e. The van der Waals surface area contributed by atoms with E-state index >= 15 is 0 Å². The van der Waals surface area contributed by atoms with Crippen LogP contribution in [0.25, 0.3) is 11.5 Å². The van der Waals surface area contributed by atoms with E-state index in [1.165, 1.54) is 22.9 Å². The minimum absolute atomic E-state index is 0.0415. The van der Waals surface area contributed by atoms with Crippen LogP contribution in [-0.2, 0) is 16.6 Å². The molecule has 0 fully saturated rings. The number of nitrogens with one attached hydrogen (secondary N) is 1. The van der Waals surface area contributed by atoms with Crippen molar-refractivity contribution in [2.45, 2.75) is 50.0 Å². The van der Waals surface area contributed by atoms with Crippen molar-refractivity contribution < 1.29 is 9.21 Å². The highest BCUT2D eigenvalue weighted by Crippen LogP contribution is 2.28. The Kier molecular flexibility index (Phi) is 6.75. The Hall–Kier alpha value is -2.60. The number of amides is 1. The van der Waals surface area contributed by atoms with E-state index in [1.54, 1.807) is 0 Å². The molecule has 5 nitrogen and oxygen atoms in total. The summed E-state index contributed by atoms with van der Waals surface area (Å²) in [5, 5.41) is 11.2. The summed E-state index contributed by atoms with van der Waals surface area (Å²) in [4.78, 5) is 12.3. The molecule has 152 valence electrons. The molecule has 1 aromatic heterocycles. The fourth-order valence-corrected chi connectivity index (χ4v) is 3.52. The Bertz CT molecular complexity index is 931. The van der Waals surface area contributed by atoms with E-state index in [0.717, 1.165) is 12.0 Å². The number of rotatable bonds is 7. The molecule has 1 amide bonds. The predicted octanol–water partition coefficient (Wildman–Crippen LogP) is 4.87. The van der Waals surface area contributed by atoms with Gasteiger partial charge in [-0.3, -0.25) is 4.79 Å².